The van der Waals surface area contributed by atoms with Crippen molar-refractivity contribution in [3.63, 3.8) is 0 Å². The van der Waals surface area contributed by atoms with Gasteiger partial charge in [0.25, 0.3) is 0 Å². The SMILES string of the molecule is FC(F)(F)SCCNCCSC(F)(F)F. The van der Waals surface area contributed by atoms with Gasteiger partial charge in [0.1, 0.15) is 0 Å². The zero-order chi connectivity index (χ0) is 11.9. The van der Waals surface area contributed by atoms with Crippen molar-refractivity contribution in [1.82, 2.24) is 5.32 Å². The van der Waals surface area contributed by atoms with E-state index < -0.39 is 11.0 Å². The Labute approximate surface area is 91.4 Å². The first-order valence-corrected chi connectivity index (χ1v) is 5.80. The molecule has 1 nitrogen and oxygen atoms in total. The van der Waals surface area contributed by atoms with Crippen molar-refractivity contribution in [2.24, 2.45) is 0 Å². The van der Waals surface area contributed by atoms with Gasteiger partial charge >= 0.3 is 11.0 Å². The van der Waals surface area contributed by atoms with E-state index in [0.29, 0.717) is 0 Å². The van der Waals surface area contributed by atoms with Gasteiger partial charge in [0.2, 0.25) is 0 Å². The lowest BCUT2D eigenvalue weighted by molar-refractivity contribution is -0.0335. The number of hydrogen-bond acceptors (Lipinski definition) is 3. The van der Waals surface area contributed by atoms with Gasteiger partial charge in [0, 0.05) is 24.6 Å². The highest BCUT2D eigenvalue weighted by Crippen LogP contribution is 2.30. The van der Waals surface area contributed by atoms with Crippen molar-refractivity contribution in [3.05, 3.63) is 0 Å². The van der Waals surface area contributed by atoms with Gasteiger partial charge in [-0.1, -0.05) is 0 Å². The maximum atomic E-state index is 11.6. The van der Waals surface area contributed by atoms with Gasteiger partial charge in [-0.05, 0) is 23.5 Å². The van der Waals surface area contributed by atoms with Crippen molar-refractivity contribution in [2.45, 2.75) is 11.0 Å². The molecule has 0 aliphatic heterocycles. The Morgan fingerprint density at radius 1 is 0.733 bits per heavy atom. The maximum absolute atomic E-state index is 11.6. The first-order valence-electron chi connectivity index (χ1n) is 3.83. The molecule has 0 atom stereocenters. The van der Waals surface area contributed by atoms with Crippen LogP contribution in [0.15, 0.2) is 0 Å². The van der Waals surface area contributed by atoms with E-state index in [9.17, 15) is 26.3 Å². The monoisotopic (exact) mass is 273 g/mol. The first kappa shape index (κ1) is 15.2. The molecular formula is C6H9F6NS2. The highest BCUT2D eigenvalue weighted by molar-refractivity contribution is 8.00. The Morgan fingerprint density at radius 2 is 1.07 bits per heavy atom. The minimum Gasteiger partial charge on any atom is -0.315 e. The number of rotatable bonds is 6. The van der Waals surface area contributed by atoms with Crippen LogP contribution in [0.3, 0.4) is 0 Å². The number of nitrogens with one attached hydrogen (secondary N) is 1. The minimum absolute atomic E-state index is 0.0442. The van der Waals surface area contributed by atoms with E-state index in [-0.39, 0.29) is 48.1 Å². The fourth-order valence-electron chi connectivity index (χ4n) is 0.603. The van der Waals surface area contributed by atoms with E-state index in [0.717, 1.165) is 0 Å². The van der Waals surface area contributed by atoms with Crippen LogP contribution in [0.1, 0.15) is 0 Å². The molecule has 0 fully saturated rings. The lowest BCUT2D eigenvalue weighted by atomic mass is 10.7. The molecule has 15 heavy (non-hydrogen) atoms. The molecule has 0 saturated heterocycles. The number of halogens is 6. The topological polar surface area (TPSA) is 12.0 Å². The molecule has 0 amide bonds. The molecule has 0 unspecified atom stereocenters. The second-order valence-electron chi connectivity index (χ2n) is 2.34. The summed E-state index contributed by atoms with van der Waals surface area (Å²) >= 11 is -0.389. The van der Waals surface area contributed by atoms with E-state index in [2.05, 4.69) is 5.32 Å². The predicted octanol–water partition coefficient (Wildman–Crippen LogP) is 3.08. The molecule has 1 N–H and O–H groups in total. The third-order valence-corrected chi connectivity index (χ3v) is 2.56. The van der Waals surface area contributed by atoms with Gasteiger partial charge in [-0.3, -0.25) is 0 Å². The molecule has 92 valence electrons. The number of hydrogen-bond donors (Lipinski definition) is 1. The van der Waals surface area contributed by atoms with Gasteiger partial charge in [-0.25, -0.2) is 0 Å². The van der Waals surface area contributed by atoms with Gasteiger partial charge in [0.15, 0.2) is 0 Å². The van der Waals surface area contributed by atoms with Crippen LogP contribution in [-0.2, 0) is 0 Å². The first-order chi connectivity index (χ1) is 6.71. The summed E-state index contributed by atoms with van der Waals surface area (Å²) < 4.78 is 69.4. The zero-order valence-electron chi connectivity index (χ0n) is 7.41. The molecule has 0 aromatic rings. The Bertz CT molecular complexity index is 150. The summed E-state index contributed by atoms with van der Waals surface area (Å²) in [5.74, 6) is -0.389. The summed E-state index contributed by atoms with van der Waals surface area (Å²) in [6.45, 7) is 0.0885. The van der Waals surface area contributed by atoms with Crippen LogP contribution < -0.4 is 5.32 Å². The second-order valence-corrected chi connectivity index (χ2v) is 4.66. The summed E-state index contributed by atoms with van der Waals surface area (Å²) in [4.78, 5) is 0. The third-order valence-electron chi connectivity index (χ3n) is 1.09. The lowest BCUT2D eigenvalue weighted by Crippen LogP contribution is -2.22. The Hall–Kier alpha value is 0.240. The highest BCUT2D eigenvalue weighted by atomic mass is 32.2. The molecule has 9 heteroatoms. The smallest absolute Gasteiger partial charge is 0.315 e. The molecular weight excluding hydrogens is 264 g/mol. The standard InChI is InChI=1S/C6H9F6NS2/c7-5(8,9)14-3-1-13-2-4-15-6(10,11)12/h13H,1-4H2. The van der Waals surface area contributed by atoms with Crippen molar-refractivity contribution in [3.8, 4) is 0 Å². The molecule has 0 aliphatic rings. The fraction of sp³-hybridized carbons (Fsp3) is 1.00. The van der Waals surface area contributed by atoms with Crippen LogP contribution in [0, 0.1) is 0 Å². The molecule has 0 radical (unpaired) electrons. The van der Waals surface area contributed by atoms with E-state index >= 15 is 0 Å². The van der Waals surface area contributed by atoms with Crippen molar-refractivity contribution < 1.29 is 26.3 Å². The third kappa shape index (κ3) is 14.2. The largest absolute Gasteiger partial charge is 0.441 e. The average Bonchev–Trinajstić information content (AvgIpc) is 1.98. The highest BCUT2D eigenvalue weighted by Gasteiger charge is 2.28. The van der Waals surface area contributed by atoms with Crippen LogP contribution in [0.5, 0.6) is 0 Å². The summed E-state index contributed by atoms with van der Waals surface area (Å²) in [5, 5.41) is 2.49. The molecule has 0 spiro atoms. The average molecular weight is 273 g/mol. The van der Waals surface area contributed by atoms with Crippen molar-refractivity contribution in [1.29, 1.82) is 0 Å². The summed E-state index contributed by atoms with van der Waals surface area (Å²) in [5.41, 5.74) is -8.55. The Balaban J connectivity index is 3.20. The molecule has 0 aromatic heterocycles. The maximum Gasteiger partial charge on any atom is 0.441 e. The van der Waals surface area contributed by atoms with Gasteiger partial charge in [-0.15, -0.1) is 0 Å². The van der Waals surface area contributed by atoms with Crippen LogP contribution in [-0.4, -0.2) is 35.6 Å². The van der Waals surface area contributed by atoms with E-state index in [1.807, 2.05) is 0 Å². The molecule has 0 heterocycles. The normalized spacial score (nSPS) is 13.2. The van der Waals surface area contributed by atoms with E-state index in [4.69, 9.17) is 0 Å². The Kier molecular flexibility index (Phi) is 6.85. The second kappa shape index (κ2) is 6.74. The fourth-order valence-corrected chi connectivity index (χ4v) is 1.56. The molecule has 0 aliphatic carbocycles. The minimum atomic E-state index is -4.28. The lowest BCUT2D eigenvalue weighted by Gasteiger charge is -2.07. The van der Waals surface area contributed by atoms with Crippen LogP contribution in [0.4, 0.5) is 26.3 Å². The summed E-state index contributed by atoms with van der Waals surface area (Å²) in [6.07, 6.45) is 0. The van der Waals surface area contributed by atoms with Crippen LogP contribution >= 0.6 is 23.5 Å². The number of thioether (sulfide) groups is 2. The van der Waals surface area contributed by atoms with Gasteiger partial charge in [0.05, 0.1) is 0 Å². The molecule has 0 saturated carbocycles. The molecule has 0 rings (SSSR count). The van der Waals surface area contributed by atoms with E-state index in [1.54, 1.807) is 0 Å². The van der Waals surface area contributed by atoms with Crippen molar-refractivity contribution in [2.75, 3.05) is 24.6 Å². The molecule has 0 aromatic carbocycles. The summed E-state index contributed by atoms with van der Waals surface area (Å²) in [6, 6.07) is 0. The van der Waals surface area contributed by atoms with Crippen molar-refractivity contribution >= 4 is 23.5 Å². The Morgan fingerprint density at radius 3 is 1.33 bits per heavy atom. The number of alkyl halides is 6. The van der Waals surface area contributed by atoms with E-state index in [1.165, 1.54) is 0 Å². The van der Waals surface area contributed by atoms with Gasteiger partial charge in [-0.2, -0.15) is 26.3 Å². The van der Waals surface area contributed by atoms with Crippen LogP contribution in [0.25, 0.3) is 0 Å². The van der Waals surface area contributed by atoms with Crippen LogP contribution in [0.2, 0.25) is 0 Å². The van der Waals surface area contributed by atoms with Gasteiger partial charge < -0.3 is 5.32 Å². The molecule has 0 bridgehead atoms. The zero-order valence-corrected chi connectivity index (χ0v) is 9.05. The predicted molar refractivity (Wildman–Crippen MR) is 49.9 cm³/mol. The quantitative estimate of drug-likeness (QED) is 0.590. The summed E-state index contributed by atoms with van der Waals surface area (Å²) in [7, 11) is 0.